The van der Waals surface area contributed by atoms with Crippen LogP contribution < -0.4 is 9.80 Å². The van der Waals surface area contributed by atoms with Crippen LogP contribution in [0.2, 0.25) is 11.9 Å². The fourth-order valence-electron chi connectivity index (χ4n) is 6.52. The molecule has 1 aliphatic rings. The third-order valence-corrected chi connectivity index (χ3v) is 30.8. The van der Waals surface area contributed by atoms with Crippen molar-refractivity contribution in [3.8, 4) is 0 Å². The van der Waals surface area contributed by atoms with E-state index in [9.17, 15) is 9.59 Å². The Morgan fingerprint density at radius 3 is 1.56 bits per heavy atom. The molecule has 5 aromatic carbocycles. The Kier molecular flexibility index (Phi) is 7.51. The van der Waals surface area contributed by atoms with Crippen molar-refractivity contribution in [2.75, 3.05) is 9.80 Å². The van der Waals surface area contributed by atoms with Gasteiger partial charge in [-0.2, -0.15) is 0 Å². The number of urea groups is 1. The SMILES string of the molecule is C[CH2][Pb]([CH2]C)([CH2]C)/[C](=C1\C(=O)N(c2cccc3ccccc23)C(=O)N1c1cccc2ccccc12)c1ccccc1. The van der Waals surface area contributed by atoms with E-state index < -0.39 is 21.2 Å². The number of benzene rings is 5. The number of anilines is 2. The predicted octanol–water partition coefficient (Wildman–Crippen LogP) is 9.43. The second kappa shape index (κ2) is 11.2. The maximum absolute atomic E-state index is 14.9. The Morgan fingerprint density at radius 1 is 0.561 bits per heavy atom. The third-order valence-electron chi connectivity index (χ3n) is 8.89. The molecule has 3 amide bonds. The third kappa shape index (κ3) is 4.49. The molecule has 1 aliphatic heterocycles. The van der Waals surface area contributed by atoms with Gasteiger partial charge < -0.3 is 0 Å². The summed E-state index contributed by atoms with van der Waals surface area (Å²) >= 11 is -3.36. The van der Waals surface area contributed by atoms with E-state index in [1.54, 1.807) is 4.90 Å². The van der Waals surface area contributed by atoms with Crippen LogP contribution >= 0.6 is 0 Å². The number of amides is 3. The van der Waals surface area contributed by atoms with Gasteiger partial charge in [0.25, 0.3) is 0 Å². The number of nitrogens with zero attached hydrogens (tertiary/aromatic N) is 2. The van der Waals surface area contributed by atoms with Crippen LogP contribution in [-0.2, 0) is 4.79 Å². The normalized spacial score (nSPS) is 15.3. The molecule has 1 fully saturated rings. The zero-order valence-corrected chi connectivity index (χ0v) is 27.7. The molecule has 0 atom stereocenters. The number of carbonyl (C=O) groups excluding carboxylic acids is 2. The molecule has 5 aromatic rings. The monoisotopic (exact) mass is 734 g/mol. The molecule has 41 heavy (non-hydrogen) atoms. The van der Waals surface area contributed by atoms with E-state index in [4.69, 9.17) is 0 Å². The first-order valence-electron chi connectivity index (χ1n) is 14.5. The van der Waals surface area contributed by atoms with E-state index in [-0.39, 0.29) is 11.9 Å². The van der Waals surface area contributed by atoms with Gasteiger partial charge in [0.15, 0.2) is 0 Å². The number of imide groups is 1. The molecular formula is C36H34N2O2Pb. The second-order valence-corrected chi connectivity index (χ2v) is 30.8. The van der Waals surface area contributed by atoms with Crippen LogP contribution in [0.4, 0.5) is 16.2 Å². The Morgan fingerprint density at radius 2 is 1.02 bits per heavy atom. The molecule has 0 saturated carbocycles. The molecule has 1 heterocycles. The van der Waals surface area contributed by atoms with Gasteiger partial charge in [0, 0.05) is 0 Å². The van der Waals surface area contributed by atoms with Crippen molar-refractivity contribution in [2.45, 2.75) is 32.7 Å². The number of carbonyl (C=O) groups is 2. The van der Waals surface area contributed by atoms with Crippen molar-refractivity contribution in [3.05, 3.63) is 127 Å². The van der Waals surface area contributed by atoms with Gasteiger partial charge >= 0.3 is 248 Å². The summed E-state index contributed by atoms with van der Waals surface area (Å²) in [6.07, 6.45) is 0. The van der Waals surface area contributed by atoms with Crippen molar-refractivity contribution in [2.24, 2.45) is 0 Å². The van der Waals surface area contributed by atoms with Gasteiger partial charge in [0.2, 0.25) is 0 Å². The summed E-state index contributed by atoms with van der Waals surface area (Å²) in [6, 6.07) is 37.9. The second-order valence-electron chi connectivity index (χ2n) is 10.7. The van der Waals surface area contributed by atoms with E-state index in [0.29, 0.717) is 11.4 Å². The van der Waals surface area contributed by atoms with Crippen LogP contribution in [0, 0.1) is 0 Å². The molecule has 204 valence electrons. The fraction of sp³-hybridized carbons (Fsp3) is 0.167. The molecule has 0 N–H and O–H groups in total. The first kappa shape index (κ1) is 27.4. The average Bonchev–Trinajstić information content (AvgIpc) is 3.28. The van der Waals surface area contributed by atoms with E-state index in [0.717, 1.165) is 47.9 Å². The van der Waals surface area contributed by atoms with E-state index in [2.05, 4.69) is 45.0 Å². The molecule has 0 aromatic heterocycles. The first-order valence-corrected chi connectivity index (χ1v) is 24.7. The summed E-state index contributed by atoms with van der Waals surface area (Å²) in [5.74, 6) is -0.238. The van der Waals surface area contributed by atoms with Crippen molar-refractivity contribution in [1.29, 1.82) is 0 Å². The number of rotatable bonds is 7. The summed E-state index contributed by atoms with van der Waals surface area (Å²) in [5.41, 5.74) is 2.98. The molecule has 0 aliphatic carbocycles. The summed E-state index contributed by atoms with van der Waals surface area (Å²) in [4.78, 5) is 32.9. The predicted molar refractivity (Wildman–Crippen MR) is 174 cm³/mol. The zero-order valence-electron chi connectivity index (χ0n) is 23.8. The molecule has 0 unspecified atom stereocenters. The Labute approximate surface area is 246 Å². The van der Waals surface area contributed by atoms with Crippen molar-refractivity contribution < 1.29 is 9.59 Å². The summed E-state index contributed by atoms with van der Waals surface area (Å²) in [6.45, 7) is 6.85. The van der Waals surface area contributed by atoms with Gasteiger partial charge in [-0.25, -0.2) is 0 Å². The Hall–Kier alpha value is -3.78. The molecule has 4 nitrogen and oxygen atoms in total. The number of fused-ring (bicyclic) bond motifs is 2. The van der Waals surface area contributed by atoms with E-state index in [1.165, 1.54) is 4.90 Å². The van der Waals surface area contributed by atoms with Gasteiger partial charge in [0.05, 0.1) is 0 Å². The molecular weight excluding hydrogens is 700 g/mol. The Bertz CT molecular complexity index is 1790. The van der Waals surface area contributed by atoms with E-state index >= 15 is 0 Å². The van der Waals surface area contributed by atoms with E-state index in [1.807, 2.05) is 91.0 Å². The van der Waals surface area contributed by atoms with Gasteiger partial charge in [-0.05, 0) is 0 Å². The standard InChI is InChI=1S/C30H19N2O2.3C2H5.Pb/c33-29-28(20-21-10-2-1-3-11-21)31(26-18-8-14-22-12-4-6-16-24(22)26)30(34)32(29)27-19-9-15-23-13-5-7-17-25(23)27;3*1-2;/h1-19H;3*1H2,2H3;. The fourth-order valence-corrected chi connectivity index (χ4v) is 22.3. The molecule has 0 radical (unpaired) electrons. The molecule has 5 heteroatoms. The summed E-state index contributed by atoms with van der Waals surface area (Å²) < 4.78 is 4.34. The van der Waals surface area contributed by atoms with Crippen molar-refractivity contribution in [1.82, 2.24) is 0 Å². The topological polar surface area (TPSA) is 40.6 Å². The molecule has 0 bridgehead atoms. The van der Waals surface area contributed by atoms with Gasteiger partial charge in [0.1, 0.15) is 0 Å². The average molecular weight is 734 g/mol. The molecule has 6 rings (SSSR count). The van der Waals surface area contributed by atoms with Gasteiger partial charge in [-0.15, -0.1) is 0 Å². The van der Waals surface area contributed by atoms with Gasteiger partial charge in [-0.1, -0.05) is 0 Å². The number of hydrogen-bond acceptors (Lipinski definition) is 2. The number of hydrogen-bond donors (Lipinski definition) is 0. The summed E-state index contributed by atoms with van der Waals surface area (Å²) in [7, 11) is 0. The molecule has 1 saturated heterocycles. The minimum atomic E-state index is -3.36. The maximum atomic E-state index is 14.9. The van der Waals surface area contributed by atoms with Crippen LogP contribution in [-0.4, -0.2) is 33.1 Å². The summed E-state index contributed by atoms with van der Waals surface area (Å²) in [5, 5.41) is 3.86. The van der Waals surface area contributed by atoms with Crippen LogP contribution in [0.15, 0.2) is 121 Å². The van der Waals surface area contributed by atoms with Crippen LogP contribution in [0.3, 0.4) is 0 Å². The quantitative estimate of drug-likeness (QED) is 0.0951. The van der Waals surface area contributed by atoms with Crippen LogP contribution in [0.1, 0.15) is 26.3 Å². The Balaban J connectivity index is 1.73. The zero-order chi connectivity index (χ0) is 28.6. The van der Waals surface area contributed by atoms with Crippen LogP contribution in [0.5, 0.6) is 0 Å². The molecule has 0 spiro atoms. The van der Waals surface area contributed by atoms with Crippen molar-refractivity contribution in [3.63, 3.8) is 0 Å². The van der Waals surface area contributed by atoms with Gasteiger partial charge in [-0.3, -0.25) is 0 Å². The van der Waals surface area contributed by atoms with Crippen molar-refractivity contribution >= 4 is 69.2 Å². The minimum absolute atomic E-state index is 0.238. The first-order chi connectivity index (χ1) is 20.0. The van der Waals surface area contributed by atoms with Crippen LogP contribution in [0.25, 0.3) is 24.7 Å².